The molecule has 1 unspecified atom stereocenters. The molecule has 0 aromatic carbocycles. The molecule has 4 nitrogen and oxygen atoms in total. The normalized spacial score (nSPS) is 12.3. The first-order valence-electron chi connectivity index (χ1n) is 6.53. The van der Waals surface area contributed by atoms with Gasteiger partial charge in [0.15, 0.2) is 5.78 Å². The van der Waals surface area contributed by atoms with Crippen LogP contribution in [0.2, 0.25) is 0 Å². The number of aromatic nitrogens is 1. The molecule has 0 saturated heterocycles. The highest BCUT2D eigenvalue weighted by molar-refractivity contribution is 6.08. The first-order chi connectivity index (χ1) is 8.86. The third kappa shape index (κ3) is 3.88. The molecule has 19 heavy (non-hydrogen) atoms. The lowest BCUT2D eigenvalue weighted by molar-refractivity contribution is -0.147. The molecule has 0 aliphatic heterocycles. The summed E-state index contributed by atoms with van der Waals surface area (Å²) < 4.78 is 4.99. The summed E-state index contributed by atoms with van der Waals surface area (Å²) in [6, 6.07) is 3.42. The minimum Gasteiger partial charge on any atom is -0.465 e. The largest absolute Gasteiger partial charge is 0.465 e. The van der Waals surface area contributed by atoms with Gasteiger partial charge in [0.2, 0.25) is 0 Å². The molecule has 1 heterocycles. The molecule has 0 aliphatic carbocycles. The van der Waals surface area contributed by atoms with Gasteiger partial charge in [-0.2, -0.15) is 0 Å². The SMILES string of the molecule is CCOC(=O)C(C(=O)c1cc(C)nc(C)c1)C(C)C. The minimum absolute atomic E-state index is 0.0969. The molecule has 0 N–H and O–H groups in total. The lowest BCUT2D eigenvalue weighted by Gasteiger charge is -2.18. The number of hydrogen-bond donors (Lipinski definition) is 0. The molecule has 1 aromatic rings. The topological polar surface area (TPSA) is 56.3 Å². The molecule has 104 valence electrons. The summed E-state index contributed by atoms with van der Waals surface area (Å²) in [5, 5.41) is 0. The van der Waals surface area contributed by atoms with Crippen molar-refractivity contribution in [3.63, 3.8) is 0 Å². The lowest BCUT2D eigenvalue weighted by Crippen LogP contribution is -2.31. The van der Waals surface area contributed by atoms with Crippen molar-refractivity contribution in [3.8, 4) is 0 Å². The van der Waals surface area contributed by atoms with E-state index < -0.39 is 11.9 Å². The van der Waals surface area contributed by atoms with Crippen LogP contribution in [0.3, 0.4) is 0 Å². The van der Waals surface area contributed by atoms with Crippen molar-refractivity contribution in [2.45, 2.75) is 34.6 Å². The van der Waals surface area contributed by atoms with Crippen LogP contribution in [0.15, 0.2) is 12.1 Å². The number of rotatable bonds is 5. The van der Waals surface area contributed by atoms with E-state index in [1.807, 2.05) is 27.7 Å². The first kappa shape index (κ1) is 15.3. The molecule has 0 bridgehead atoms. The summed E-state index contributed by atoms with van der Waals surface area (Å²) in [7, 11) is 0. The van der Waals surface area contributed by atoms with Crippen LogP contribution in [0.25, 0.3) is 0 Å². The smallest absolute Gasteiger partial charge is 0.317 e. The van der Waals surface area contributed by atoms with Crippen molar-refractivity contribution in [1.82, 2.24) is 4.98 Å². The van der Waals surface area contributed by atoms with E-state index in [-0.39, 0.29) is 18.3 Å². The van der Waals surface area contributed by atoms with Crippen LogP contribution in [0.1, 0.15) is 42.5 Å². The van der Waals surface area contributed by atoms with Crippen molar-refractivity contribution >= 4 is 11.8 Å². The molecule has 1 atom stereocenters. The fourth-order valence-corrected chi connectivity index (χ4v) is 2.07. The van der Waals surface area contributed by atoms with Crippen LogP contribution in [0.5, 0.6) is 0 Å². The van der Waals surface area contributed by atoms with Crippen molar-refractivity contribution in [1.29, 1.82) is 0 Å². The maximum absolute atomic E-state index is 12.5. The monoisotopic (exact) mass is 263 g/mol. The zero-order valence-corrected chi connectivity index (χ0v) is 12.2. The summed E-state index contributed by atoms with van der Waals surface area (Å²) in [6.45, 7) is 9.38. The van der Waals surface area contributed by atoms with Gasteiger partial charge in [0.1, 0.15) is 5.92 Å². The van der Waals surface area contributed by atoms with Crippen LogP contribution < -0.4 is 0 Å². The Labute approximate surface area is 114 Å². The van der Waals surface area contributed by atoms with Crippen molar-refractivity contribution < 1.29 is 14.3 Å². The van der Waals surface area contributed by atoms with E-state index in [1.165, 1.54) is 0 Å². The van der Waals surface area contributed by atoms with Gasteiger partial charge in [-0.15, -0.1) is 0 Å². The second-order valence-electron chi connectivity index (χ2n) is 4.98. The number of carbonyl (C=O) groups excluding carboxylic acids is 2. The molecule has 0 radical (unpaired) electrons. The summed E-state index contributed by atoms with van der Waals surface area (Å²) >= 11 is 0. The minimum atomic E-state index is -0.749. The van der Waals surface area contributed by atoms with Gasteiger partial charge in [0.25, 0.3) is 0 Å². The fourth-order valence-electron chi connectivity index (χ4n) is 2.07. The number of aryl methyl sites for hydroxylation is 2. The molecule has 4 heteroatoms. The van der Waals surface area contributed by atoms with Crippen molar-refractivity contribution in [2.24, 2.45) is 11.8 Å². The predicted molar refractivity (Wildman–Crippen MR) is 73.0 cm³/mol. The average Bonchev–Trinajstić information content (AvgIpc) is 2.27. The average molecular weight is 263 g/mol. The Morgan fingerprint density at radius 2 is 1.74 bits per heavy atom. The number of nitrogens with zero attached hydrogens (tertiary/aromatic N) is 1. The third-order valence-corrected chi connectivity index (χ3v) is 2.86. The van der Waals surface area contributed by atoms with Gasteiger partial charge in [-0.25, -0.2) is 0 Å². The molecular weight excluding hydrogens is 242 g/mol. The Kier molecular flexibility index (Phi) is 5.21. The van der Waals surface area contributed by atoms with E-state index in [0.29, 0.717) is 5.56 Å². The maximum atomic E-state index is 12.5. The Hall–Kier alpha value is -1.71. The highest BCUT2D eigenvalue weighted by Crippen LogP contribution is 2.20. The number of ether oxygens (including phenoxy) is 1. The maximum Gasteiger partial charge on any atom is 0.317 e. The van der Waals surface area contributed by atoms with E-state index in [9.17, 15) is 9.59 Å². The number of esters is 1. The van der Waals surface area contributed by atoms with E-state index >= 15 is 0 Å². The van der Waals surface area contributed by atoms with Gasteiger partial charge in [-0.1, -0.05) is 13.8 Å². The quantitative estimate of drug-likeness (QED) is 0.465. The van der Waals surface area contributed by atoms with Gasteiger partial charge < -0.3 is 4.74 Å². The molecule has 0 saturated carbocycles. The van der Waals surface area contributed by atoms with Crippen molar-refractivity contribution in [3.05, 3.63) is 29.1 Å². The standard InChI is InChI=1S/C15H21NO3/c1-6-19-15(18)13(9(2)3)14(17)12-7-10(4)16-11(5)8-12/h7-9,13H,6H2,1-5H3. The summed E-state index contributed by atoms with van der Waals surface area (Å²) in [6.07, 6.45) is 0. The number of carbonyl (C=O) groups is 2. The van der Waals surface area contributed by atoms with Crippen LogP contribution >= 0.6 is 0 Å². The predicted octanol–water partition coefficient (Wildman–Crippen LogP) is 2.72. The van der Waals surface area contributed by atoms with Gasteiger partial charge in [0, 0.05) is 17.0 Å². The molecule has 0 aliphatic rings. The van der Waals surface area contributed by atoms with Crippen LogP contribution in [0.4, 0.5) is 0 Å². The number of ketones is 1. The molecule has 0 amide bonds. The molecule has 0 fully saturated rings. The number of Topliss-reactive ketones (excluding diaryl/α,β-unsaturated/α-hetero) is 1. The van der Waals surface area contributed by atoms with Gasteiger partial charge in [0.05, 0.1) is 6.61 Å². The van der Waals surface area contributed by atoms with Gasteiger partial charge >= 0.3 is 5.97 Å². The number of pyridine rings is 1. The fraction of sp³-hybridized carbons (Fsp3) is 0.533. The first-order valence-corrected chi connectivity index (χ1v) is 6.53. The summed E-state index contributed by atoms with van der Waals surface area (Å²) in [4.78, 5) is 28.6. The van der Waals surface area contributed by atoms with Crippen LogP contribution in [0, 0.1) is 25.7 Å². The molecular formula is C15H21NO3. The second-order valence-corrected chi connectivity index (χ2v) is 4.98. The van der Waals surface area contributed by atoms with Crippen LogP contribution in [-0.2, 0) is 9.53 Å². The third-order valence-electron chi connectivity index (χ3n) is 2.86. The van der Waals surface area contributed by atoms with E-state index in [4.69, 9.17) is 4.74 Å². The highest BCUT2D eigenvalue weighted by Gasteiger charge is 2.32. The molecule has 0 spiro atoms. The van der Waals surface area contributed by atoms with E-state index in [2.05, 4.69) is 4.98 Å². The zero-order chi connectivity index (χ0) is 14.6. The van der Waals surface area contributed by atoms with E-state index in [0.717, 1.165) is 11.4 Å². The number of hydrogen-bond acceptors (Lipinski definition) is 4. The van der Waals surface area contributed by atoms with Crippen molar-refractivity contribution in [2.75, 3.05) is 6.61 Å². The van der Waals surface area contributed by atoms with Gasteiger partial charge in [-0.05, 0) is 38.8 Å². The molecule has 1 aromatic heterocycles. The Morgan fingerprint density at radius 1 is 1.21 bits per heavy atom. The molecule has 1 rings (SSSR count). The summed E-state index contributed by atoms with van der Waals surface area (Å²) in [5.74, 6) is -1.49. The Bertz CT molecular complexity index is 460. The summed E-state index contributed by atoms with van der Waals surface area (Å²) in [5.41, 5.74) is 2.07. The van der Waals surface area contributed by atoms with E-state index in [1.54, 1.807) is 19.1 Å². The van der Waals surface area contributed by atoms with Gasteiger partial charge in [-0.3, -0.25) is 14.6 Å². The zero-order valence-electron chi connectivity index (χ0n) is 12.2. The second kappa shape index (κ2) is 6.45. The lowest BCUT2D eigenvalue weighted by atomic mass is 9.88. The Balaban J connectivity index is 3.09. The highest BCUT2D eigenvalue weighted by atomic mass is 16.5. The van der Waals surface area contributed by atoms with Crippen LogP contribution in [-0.4, -0.2) is 23.3 Å². The Morgan fingerprint density at radius 3 is 2.16 bits per heavy atom.